The van der Waals surface area contributed by atoms with Crippen molar-refractivity contribution < 1.29 is 9.53 Å². The Morgan fingerprint density at radius 1 is 1.23 bits per heavy atom. The molecule has 0 spiro atoms. The van der Waals surface area contributed by atoms with E-state index >= 15 is 0 Å². The van der Waals surface area contributed by atoms with Crippen LogP contribution in [0.3, 0.4) is 0 Å². The number of hydrogen-bond donors (Lipinski definition) is 1. The Hall–Kier alpha value is -4.28. The van der Waals surface area contributed by atoms with Crippen LogP contribution in [0.25, 0.3) is 5.69 Å². The van der Waals surface area contributed by atoms with E-state index in [1.165, 1.54) is 12.4 Å². The van der Waals surface area contributed by atoms with E-state index in [-0.39, 0.29) is 12.0 Å². The molecule has 31 heavy (non-hydrogen) atoms. The number of aromatic nitrogens is 7. The quantitative estimate of drug-likeness (QED) is 0.479. The van der Waals surface area contributed by atoms with Crippen LogP contribution in [-0.2, 0) is 24.8 Å². The fraction of sp³-hybridized carbons (Fsp3) is 0.200. The molecule has 11 heteroatoms. The number of carbonyl (C=O) groups excluding carboxylic acids is 1. The molecule has 0 aliphatic rings. The highest BCUT2D eigenvalue weighted by Gasteiger charge is 2.09. The van der Waals surface area contributed by atoms with Gasteiger partial charge in [-0.05, 0) is 17.7 Å². The fourth-order valence-corrected chi connectivity index (χ4v) is 2.93. The van der Waals surface area contributed by atoms with Gasteiger partial charge in [-0.1, -0.05) is 12.1 Å². The Morgan fingerprint density at radius 2 is 2.13 bits per heavy atom. The van der Waals surface area contributed by atoms with Crippen molar-refractivity contribution in [3.05, 3.63) is 83.1 Å². The predicted octanol–water partition coefficient (Wildman–Crippen LogP) is 1.40. The number of nitrogens with one attached hydrogen (secondary N) is 1. The van der Waals surface area contributed by atoms with Crippen molar-refractivity contribution in [3.63, 3.8) is 0 Å². The first-order valence-corrected chi connectivity index (χ1v) is 9.50. The maximum atomic E-state index is 12.3. The topological polar surface area (TPSA) is 122 Å². The van der Waals surface area contributed by atoms with Gasteiger partial charge in [0.1, 0.15) is 30.6 Å². The standard InChI is InChI=1S/C20H20N8O3/c1-26-12-17(11-22-26)28-6-5-19(29)18(25-28)10-15-3-2-4-16(9-15)24-20(30)31-8-7-27-14-21-13-23-27/h2-6,9,11-14H,7-8,10H2,1H3,(H,24,30). The van der Waals surface area contributed by atoms with Gasteiger partial charge in [-0.15, -0.1) is 0 Å². The number of carbonyl (C=O) groups is 1. The summed E-state index contributed by atoms with van der Waals surface area (Å²) in [5, 5.41) is 15.2. The number of aryl methyl sites for hydroxylation is 1. The molecule has 0 atom stereocenters. The van der Waals surface area contributed by atoms with E-state index < -0.39 is 6.09 Å². The molecule has 0 saturated heterocycles. The molecule has 158 valence electrons. The van der Waals surface area contributed by atoms with Crippen molar-refractivity contribution in [2.45, 2.75) is 13.0 Å². The van der Waals surface area contributed by atoms with E-state index in [1.807, 2.05) is 13.1 Å². The number of rotatable bonds is 7. The lowest BCUT2D eigenvalue weighted by molar-refractivity contribution is 0.155. The summed E-state index contributed by atoms with van der Waals surface area (Å²) in [6.07, 6.45) is 7.78. The Balaban J connectivity index is 1.40. The molecule has 0 saturated carbocycles. The minimum Gasteiger partial charge on any atom is -0.447 e. The summed E-state index contributed by atoms with van der Waals surface area (Å²) in [5.41, 5.74) is 2.37. The molecular weight excluding hydrogens is 400 g/mol. The number of amides is 1. The van der Waals surface area contributed by atoms with Crippen LogP contribution in [0.15, 0.2) is 66.4 Å². The van der Waals surface area contributed by atoms with Gasteiger partial charge >= 0.3 is 6.09 Å². The van der Waals surface area contributed by atoms with Gasteiger partial charge in [-0.3, -0.25) is 14.8 Å². The van der Waals surface area contributed by atoms with Gasteiger partial charge < -0.3 is 4.74 Å². The third-order valence-corrected chi connectivity index (χ3v) is 4.40. The summed E-state index contributed by atoms with van der Waals surface area (Å²) in [4.78, 5) is 28.1. The van der Waals surface area contributed by atoms with Crippen molar-refractivity contribution in [2.75, 3.05) is 11.9 Å². The zero-order valence-electron chi connectivity index (χ0n) is 16.8. The predicted molar refractivity (Wildman–Crippen MR) is 111 cm³/mol. The molecular formula is C20H20N8O3. The second-order valence-corrected chi connectivity index (χ2v) is 6.74. The monoisotopic (exact) mass is 420 g/mol. The smallest absolute Gasteiger partial charge is 0.411 e. The van der Waals surface area contributed by atoms with Crippen LogP contribution in [0.4, 0.5) is 10.5 Å². The van der Waals surface area contributed by atoms with E-state index in [0.717, 1.165) is 11.3 Å². The van der Waals surface area contributed by atoms with E-state index in [0.29, 0.717) is 24.3 Å². The van der Waals surface area contributed by atoms with Gasteiger partial charge in [0.05, 0.1) is 18.9 Å². The number of ether oxygens (including phenoxy) is 1. The fourth-order valence-electron chi connectivity index (χ4n) is 2.93. The van der Waals surface area contributed by atoms with Crippen LogP contribution in [0, 0.1) is 0 Å². The van der Waals surface area contributed by atoms with Crippen molar-refractivity contribution >= 4 is 11.8 Å². The summed E-state index contributed by atoms with van der Waals surface area (Å²) in [6, 6.07) is 8.66. The summed E-state index contributed by atoms with van der Waals surface area (Å²) in [5.74, 6) is 0. The Labute approximate surface area is 176 Å². The lowest BCUT2D eigenvalue weighted by Crippen LogP contribution is -2.18. The molecule has 0 unspecified atom stereocenters. The number of anilines is 1. The average molecular weight is 420 g/mol. The molecule has 0 aliphatic heterocycles. The van der Waals surface area contributed by atoms with E-state index in [4.69, 9.17) is 4.74 Å². The second-order valence-electron chi connectivity index (χ2n) is 6.74. The van der Waals surface area contributed by atoms with E-state index in [2.05, 4.69) is 25.6 Å². The summed E-state index contributed by atoms with van der Waals surface area (Å²) < 4.78 is 9.99. The van der Waals surface area contributed by atoms with Crippen LogP contribution < -0.4 is 10.7 Å². The molecule has 0 fully saturated rings. The molecule has 0 radical (unpaired) electrons. The SMILES string of the molecule is Cn1cc(-n2ccc(=O)c(Cc3cccc(NC(=O)OCCn4cncn4)c3)n2)cn1. The second kappa shape index (κ2) is 9.03. The van der Waals surface area contributed by atoms with Gasteiger partial charge in [-0.2, -0.15) is 15.3 Å². The third kappa shape index (κ3) is 5.21. The minimum atomic E-state index is -0.575. The molecule has 0 aliphatic carbocycles. The van der Waals surface area contributed by atoms with Gasteiger partial charge in [-0.25, -0.2) is 19.1 Å². The van der Waals surface area contributed by atoms with Crippen molar-refractivity contribution in [1.29, 1.82) is 0 Å². The molecule has 1 amide bonds. The van der Waals surface area contributed by atoms with Crippen molar-refractivity contribution in [2.24, 2.45) is 7.05 Å². The molecule has 3 aromatic heterocycles. The first-order chi connectivity index (χ1) is 15.1. The normalized spacial score (nSPS) is 10.7. The number of benzene rings is 1. The minimum absolute atomic E-state index is 0.161. The summed E-state index contributed by atoms with van der Waals surface area (Å²) in [7, 11) is 1.81. The lowest BCUT2D eigenvalue weighted by Gasteiger charge is -2.09. The summed E-state index contributed by atoms with van der Waals surface area (Å²) >= 11 is 0. The molecule has 3 heterocycles. The number of hydrogen-bond acceptors (Lipinski definition) is 7. The lowest BCUT2D eigenvalue weighted by atomic mass is 10.1. The van der Waals surface area contributed by atoms with Crippen LogP contribution in [0.2, 0.25) is 0 Å². The largest absolute Gasteiger partial charge is 0.447 e. The zero-order valence-corrected chi connectivity index (χ0v) is 16.8. The van der Waals surface area contributed by atoms with Crippen molar-refractivity contribution in [3.8, 4) is 5.69 Å². The Kier molecular flexibility index (Phi) is 5.83. The van der Waals surface area contributed by atoms with E-state index in [1.54, 1.807) is 57.2 Å². The molecule has 1 aromatic carbocycles. The van der Waals surface area contributed by atoms with Crippen LogP contribution in [0.5, 0.6) is 0 Å². The van der Waals surface area contributed by atoms with Gasteiger partial charge in [0.25, 0.3) is 0 Å². The van der Waals surface area contributed by atoms with Gasteiger partial charge in [0.2, 0.25) is 5.43 Å². The first-order valence-electron chi connectivity index (χ1n) is 9.50. The Bertz CT molecular complexity index is 1230. The highest BCUT2D eigenvalue weighted by atomic mass is 16.5. The molecule has 0 bridgehead atoms. The molecule has 1 N–H and O–H groups in total. The van der Waals surface area contributed by atoms with E-state index in [9.17, 15) is 9.59 Å². The average Bonchev–Trinajstić information content (AvgIpc) is 3.42. The Morgan fingerprint density at radius 3 is 2.90 bits per heavy atom. The highest BCUT2D eigenvalue weighted by Crippen LogP contribution is 2.13. The van der Waals surface area contributed by atoms with Crippen LogP contribution >= 0.6 is 0 Å². The summed E-state index contributed by atoms with van der Waals surface area (Å²) in [6.45, 7) is 0.576. The van der Waals surface area contributed by atoms with Gasteiger partial charge in [0, 0.05) is 31.4 Å². The first kappa shape index (κ1) is 20.0. The third-order valence-electron chi connectivity index (χ3n) is 4.40. The molecule has 4 aromatic rings. The maximum Gasteiger partial charge on any atom is 0.411 e. The number of nitrogens with zero attached hydrogens (tertiary/aromatic N) is 7. The highest BCUT2D eigenvalue weighted by molar-refractivity contribution is 5.84. The zero-order chi connectivity index (χ0) is 21.6. The molecule has 4 rings (SSSR count). The van der Waals surface area contributed by atoms with Crippen LogP contribution in [-0.4, -0.2) is 47.0 Å². The van der Waals surface area contributed by atoms with Crippen molar-refractivity contribution in [1.82, 2.24) is 34.3 Å². The van der Waals surface area contributed by atoms with Gasteiger partial charge in [0.15, 0.2) is 0 Å². The maximum absolute atomic E-state index is 12.3. The molecule has 11 nitrogen and oxygen atoms in total. The van der Waals surface area contributed by atoms with Crippen LogP contribution in [0.1, 0.15) is 11.3 Å².